The molecular formula is C8H12ClNO. The summed E-state index contributed by atoms with van der Waals surface area (Å²) in [6.07, 6.45) is 0.928. The van der Waals surface area contributed by atoms with Crippen LogP contribution in [0.15, 0.2) is 30.3 Å². The quantitative estimate of drug-likeness (QED) is 0.476. The monoisotopic (exact) mass is 173 g/mol. The molecule has 0 aliphatic rings. The normalized spacial score (nSPS) is 8.82. The number of hydrogen-bond acceptors (Lipinski definition) is 1. The van der Waals surface area contributed by atoms with Crippen LogP contribution in [0.5, 0.6) is 0 Å². The van der Waals surface area contributed by atoms with Gasteiger partial charge in [-0.15, -0.1) is 0 Å². The van der Waals surface area contributed by atoms with E-state index in [0.29, 0.717) is 0 Å². The maximum absolute atomic E-state index is 8.40. The molecule has 0 heterocycles. The van der Waals surface area contributed by atoms with E-state index in [4.69, 9.17) is 5.21 Å². The average Bonchev–Trinajstić information content (AvgIpc) is 2.03. The lowest BCUT2D eigenvalue weighted by Crippen LogP contribution is -3.00. The highest BCUT2D eigenvalue weighted by Gasteiger charge is 1.89. The molecule has 1 aromatic carbocycles. The van der Waals surface area contributed by atoms with Crippen molar-refractivity contribution in [3.8, 4) is 0 Å². The first-order valence-corrected chi connectivity index (χ1v) is 3.43. The molecule has 0 saturated heterocycles. The molecule has 1 aromatic rings. The molecule has 0 radical (unpaired) electrons. The zero-order chi connectivity index (χ0) is 7.23. The second-order valence-corrected chi connectivity index (χ2v) is 2.21. The molecule has 3 heteroatoms. The van der Waals surface area contributed by atoms with Gasteiger partial charge in [0.25, 0.3) is 0 Å². The second kappa shape index (κ2) is 6.16. The first-order valence-electron chi connectivity index (χ1n) is 3.43. The third-order valence-corrected chi connectivity index (χ3v) is 1.40. The van der Waals surface area contributed by atoms with Gasteiger partial charge in [-0.1, -0.05) is 30.3 Å². The first kappa shape index (κ1) is 10.4. The molecule has 0 aliphatic heterocycles. The van der Waals surface area contributed by atoms with E-state index in [9.17, 15) is 0 Å². The summed E-state index contributed by atoms with van der Waals surface area (Å²) in [5, 5.41) is 8.40. The Bertz CT molecular complexity index is 179. The van der Waals surface area contributed by atoms with Gasteiger partial charge in [-0.2, -0.15) is 0 Å². The molecule has 3 N–H and O–H groups in total. The van der Waals surface area contributed by atoms with Gasteiger partial charge in [0, 0.05) is 6.42 Å². The third-order valence-electron chi connectivity index (χ3n) is 1.40. The van der Waals surface area contributed by atoms with Crippen LogP contribution >= 0.6 is 0 Å². The fraction of sp³-hybridized carbons (Fsp3) is 0.250. The summed E-state index contributed by atoms with van der Waals surface area (Å²) in [4.78, 5) is 0. The molecule has 11 heavy (non-hydrogen) atoms. The minimum Gasteiger partial charge on any atom is -1.00 e. The number of nitrogens with two attached hydrogens (primary N) is 1. The molecule has 0 fully saturated rings. The molecule has 0 amide bonds. The zero-order valence-electron chi connectivity index (χ0n) is 6.20. The van der Waals surface area contributed by atoms with Crippen molar-refractivity contribution in [2.24, 2.45) is 0 Å². The molecule has 62 valence electrons. The number of hydrogen-bond donors (Lipinski definition) is 2. The Labute approximate surface area is 72.6 Å². The molecule has 0 spiro atoms. The van der Waals surface area contributed by atoms with Gasteiger partial charge in [-0.05, 0) is 5.56 Å². The van der Waals surface area contributed by atoms with Crippen LogP contribution in [0.2, 0.25) is 0 Å². The van der Waals surface area contributed by atoms with Gasteiger partial charge in [0.05, 0.1) is 0 Å². The fourth-order valence-electron chi connectivity index (χ4n) is 0.876. The zero-order valence-corrected chi connectivity index (χ0v) is 6.96. The molecule has 2 nitrogen and oxygen atoms in total. The Kier molecular flexibility index (Phi) is 5.84. The number of benzene rings is 1. The van der Waals surface area contributed by atoms with Crippen molar-refractivity contribution >= 4 is 0 Å². The molecule has 0 unspecified atom stereocenters. The predicted octanol–water partition coefficient (Wildman–Crippen LogP) is -2.81. The number of hydroxylamine groups is 1. The van der Waals surface area contributed by atoms with Crippen LogP contribution in [-0.4, -0.2) is 11.8 Å². The van der Waals surface area contributed by atoms with E-state index < -0.39 is 0 Å². The van der Waals surface area contributed by atoms with Crippen molar-refractivity contribution in [1.29, 1.82) is 0 Å². The highest BCUT2D eigenvalue weighted by molar-refractivity contribution is 5.14. The predicted molar refractivity (Wildman–Crippen MR) is 38.7 cm³/mol. The lowest BCUT2D eigenvalue weighted by atomic mass is 10.2. The average molecular weight is 174 g/mol. The van der Waals surface area contributed by atoms with Gasteiger partial charge in [-0.25, -0.2) is 10.7 Å². The molecule has 0 bridgehead atoms. The summed E-state index contributed by atoms with van der Waals surface area (Å²) in [6, 6.07) is 10.1. The van der Waals surface area contributed by atoms with Crippen molar-refractivity contribution in [1.82, 2.24) is 0 Å². The van der Waals surface area contributed by atoms with E-state index in [1.165, 1.54) is 11.0 Å². The third kappa shape index (κ3) is 3.98. The minimum absolute atomic E-state index is 0. The SMILES string of the molecule is O[NH2+]CCc1ccccc1.[Cl-]. The Hall–Kier alpha value is -0.570. The Morgan fingerprint density at radius 3 is 2.36 bits per heavy atom. The van der Waals surface area contributed by atoms with Crippen molar-refractivity contribution in [2.75, 3.05) is 6.54 Å². The highest BCUT2D eigenvalue weighted by atomic mass is 35.5. The van der Waals surface area contributed by atoms with Crippen LogP contribution in [0.4, 0.5) is 0 Å². The van der Waals surface area contributed by atoms with Crippen LogP contribution in [0, 0.1) is 0 Å². The van der Waals surface area contributed by atoms with Crippen LogP contribution in [-0.2, 0) is 6.42 Å². The van der Waals surface area contributed by atoms with Crippen molar-refractivity contribution in [2.45, 2.75) is 6.42 Å². The van der Waals surface area contributed by atoms with Gasteiger partial charge in [-0.3, -0.25) is 0 Å². The van der Waals surface area contributed by atoms with Crippen LogP contribution < -0.4 is 17.9 Å². The smallest absolute Gasteiger partial charge is 0.109 e. The van der Waals surface area contributed by atoms with Gasteiger partial charge in [0.2, 0.25) is 0 Å². The standard InChI is InChI=1S/C8H11NO.ClH/c10-9-7-6-8-4-2-1-3-5-8;/h1-5,9-10H,6-7H2;1H. The molecule has 1 rings (SSSR count). The number of rotatable bonds is 3. The van der Waals surface area contributed by atoms with Crippen molar-refractivity contribution in [3.63, 3.8) is 0 Å². The van der Waals surface area contributed by atoms with E-state index in [-0.39, 0.29) is 12.4 Å². The lowest BCUT2D eigenvalue weighted by molar-refractivity contribution is -0.886. The second-order valence-electron chi connectivity index (χ2n) is 2.21. The maximum atomic E-state index is 8.40. The summed E-state index contributed by atoms with van der Waals surface area (Å²) < 4.78 is 0. The fourth-order valence-corrected chi connectivity index (χ4v) is 0.876. The maximum Gasteiger partial charge on any atom is 0.109 e. The van der Waals surface area contributed by atoms with Crippen LogP contribution in [0.3, 0.4) is 0 Å². The Balaban J connectivity index is 0.000001000. The summed E-state index contributed by atoms with van der Waals surface area (Å²) >= 11 is 0. The van der Waals surface area contributed by atoms with Gasteiger partial charge in [0.1, 0.15) is 6.54 Å². The van der Waals surface area contributed by atoms with E-state index in [2.05, 4.69) is 12.1 Å². The Morgan fingerprint density at radius 2 is 1.82 bits per heavy atom. The molecule has 0 aromatic heterocycles. The molecular weight excluding hydrogens is 162 g/mol. The first-order chi connectivity index (χ1) is 4.93. The molecule has 0 atom stereocenters. The van der Waals surface area contributed by atoms with Crippen LogP contribution in [0.1, 0.15) is 5.56 Å². The summed E-state index contributed by atoms with van der Waals surface area (Å²) in [5.41, 5.74) is 2.47. The van der Waals surface area contributed by atoms with Gasteiger partial charge < -0.3 is 12.4 Å². The van der Waals surface area contributed by atoms with E-state index in [1.54, 1.807) is 0 Å². The summed E-state index contributed by atoms with van der Waals surface area (Å²) in [7, 11) is 0. The van der Waals surface area contributed by atoms with E-state index in [0.717, 1.165) is 13.0 Å². The Morgan fingerprint density at radius 1 is 1.18 bits per heavy atom. The van der Waals surface area contributed by atoms with E-state index in [1.807, 2.05) is 18.2 Å². The molecule has 0 saturated carbocycles. The number of quaternary nitrogens is 1. The van der Waals surface area contributed by atoms with Gasteiger partial charge >= 0.3 is 0 Å². The van der Waals surface area contributed by atoms with E-state index >= 15 is 0 Å². The largest absolute Gasteiger partial charge is 1.00 e. The number of halogens is 1. The van der Waals surface area contributed by atoms with Gasteiger partial charge in [0.15, 0.2) is 0 Å². The minimum atomic E-state index is 0. The van der Waals surface area contributed by atoms with Crippen molar-refractivity contribution in [3.05, 3.63) is 35.9 Å². The highest BCUT2D eigenvalue weighted by Crippen LogP contribution is 1.96. The van der Waals surface area contributed by atoms with Crippen molar-refractivity contribution < 1.29 is 23.1 Å². The molecule has 0 aliphatic carbocycles. The summed E-state index contributed by atoms with van der Waals surface area (Å²) in [5.74, 6) is 0. The summed E-state index contributed by atoms with van der Waals surface area (Å²) in [6.45, 7) is 0.740. The van der Waals surface area contributed by atoms with Crippen LogP contribution in [0.25, 0.3) is 0 Å². The topological polar surface area (TPSA) is 36.8 Å². The lowest BCUT2D eigenvalue weighted by Gasteiger charge is -1.94.